The van der Waals surface area contributed by atoms with Crippen molar-refractivity contribution in [3.8, 4) is 0 Å². The van der Waals surface area contributed by atoms with Crippen molar-refractivity contribution >= 4 is 39.1 Å². The lowest BCUT2D eigenvalue weighted by atomic mass is 10.2. The molecule has 0 aliphatic carbocycles. The minimum atomic E-state index is -0.0690. The Labute approximate surface area is 102 Å². The van der Waals surface area contributed by atoms with Gasteiger partial charge in [0.1, 0.15) is 0 Å². The predicted molar refractivity (Wildman–Crippen MR) is 66.1 cm³/mol. The Balaban J connectivity index is 2.63. The maximum atomic E-state index is 11.4. The number of rotatable bonds is 4. The van der Waals surface area contributed by atoms with E-state index < -0.39 is 0 Å². The van der Waals surface area contributed by atoms with E-state index in [0.29, 0.717) is 30.1 Å². The Morgan fingerprint density at radius 3 is 2.93 bits per heavy atom. The van der Waals surface area contributed by atoms with Crippen LogP contribution in [0.3, 0.4) is 0 Å². The van der Waals surface area contributed by atoms with Gasteiger partial charge in [-0.1, -0.05) is 27.5 Å². The summed E-state index contributed by atoms with van der Waals surface area (Å²) >= 11 is 9.22. The van der Waals surface area contributed by atoms with E-state index in [1.54, 1.807) is 12.1 Å². The topological polar surface area (TPSA) is 55.1 Å². The number of benzene rings is 1. The Kier molecular flexibility index (Phi) is 5.08. The Morgan fingerprint density at radius 2 is 2.27 bits per heavy atom. The summed E-state index contributed by atoms with van der Waals surface area (Å²) < 4.78 is 0.876. The average molecular weight is 292 g/mol. The molecule has 0 saturated carbocycles. The fourth-order valence-electron chi connectivity index (χ4n) is 1.07. The molecule has 0 heterocycles. The number of carbonyl (C=O) groups excluding carboxylic acids is 1. The van der Waals surface area contributed by atoms with Gasteiger partial charge in [0.15, 0.2) is 0 Å². The first-order valence-corrected chi connectivity index (χ1v) is 5.75. The van der Waals surface area contributed by atoms with Crippen LogP contribution in [0.1, 0.15) is 12.8 Å². The molecule has 1 rings (SSSR count). The van der Waals surface area contributed by atoms with Crippen LogP contribution in [-0.2, 0) is 4.79 Å². The van der Waals surface area contributed by atoms with Crippen LogP contribution in [0.4, 0.5) is 5.69 Å². The van der Waals surface area contributed by atoms with E-state index in [4.69, 9.17) is 17.3 Å². The van der Waals surface area contributed by atoms with Crippen LogP contribution in [0.25, 0.3) is 0 Å². The molecule has 3 nitrogen and oxygen atoms in total. The Hall–Kier alpha value is -0.580. The molecule has 82 valence electrons. The van der Waals surface area contributed by atoms with Gasteiger partial charge < -0.3 is 11.1 Å². The van der Waals surface area contributed by atoms with E-state index in [1.807, 2.05) is 6.07 Å². The number of anilines is 1. The summed E-state index contributed by atoms with van der Waals surface area (Å²) in [6.07, 6.45) is 1.09. The number of hydrogen-bond donors (Lipinski definition) is 2. The molecule has 1 aromatic carbocycles. The molecule has 0 aliphatic rings. The van der Waals surface area contributed by atoms with Crippen LogP contribution < -0.4 is 11.1 Å². The molecule has 5 heteroatoms. The van der Waals surface area contributed by atoms with Crippen molar-refractivity contribution in [1.29, 1.82) is 0 Å². The minimum Gasteiger partial charge on any atom is -0.330 e. The van der Waals surface area contributed by atoms with Gasteiger partial charge in [0.25, 0.3) is 0 Å². The highest BCUT2D eigenvalue weighted by Crippen LogP contribution is 2.25. The van der Waals surface area contributed by atoms with E-state index >= 15 is 0 Å². The average Bonchev–Trinajstić information content (AvgIpc) is 2.20. The molecule has 15 heavy (non-hydrogen) atoms. The van der Waals surface area contributed by atoms with Gasteiger partial charge in [-0.2, -0.15) is 0 Å². The third-order valence-corrected chi connectivity index (χ3v) is 2.63. The number of hydrogen-bond acceptors (Lipinski definition) is 2. The summed E-state index contributed by atoms with van der Waals surface area (Å²) in [5, 5.41) is 3.26. The fourth-order valence-corrected chi connectivity index (χ4v) is 1.59. The number of nitrogens with two attached hydrogens (primary N) is 1. The maximum absolute atomic E-state index is 11.4. The van der Waals surface area contributed by atoms with Gasteiger partial charge in [-0.15, -0.1) is 0 Å². The quantitative estimate of drug-likeness (QED) is 0.896. The van der Waals surface area contributed by atoms with Crippen molar-refractivity contribution in [1.82, 2.24) is 0 Å². The molecular weight excluding hydrogens is 279 g/mol. The summed E-state index contributed by atoms with van der Waals surface area (Å²) in [5.41, 5.74) is 5.93. The molecule has 0 radical (unpaired) electrons. The van der Waals surface area contributed by atoms with Crippen LogP contribution in [0.2, 0.25) is 5.02 Å². The zero-order chi connectivity index (χ0) is 11.3. The van der Waals surface area contributed by atoms with Gasteiger partial charge in [0.05, 0.1) is 10.7 Å². The number of halogens is 2. The summed E-state index contributed by atoms with van der Waals surface area (Å²) in [6.45, 7) is 0.514. The molecule has 0 unspecified atom stereocenters. The molecule has 0 atom stereocenters. The van der Waals surface area contributed by atoms with Gasteiger partial charge in [-0.05, 0) is 31.2 Å². The van der Waals surface area contributed by atoms with Gasteiger partial charge in [-0.25, -0.2) is 0 Å². The predicted octanol–water partition coefficient (Wildman–Crippen LogP) is 2.78. The molecule has 0 spiro atoms. The lowest BCUT2D eigenvalue weighted by Gasteiger charge is -2.07. The zero-order valence-electron chi connectivity index (χ0n) is 8.09. The Morgan fingerprint density at radius 1 is 1.53 bits per heavy atom. The van der Waals surface area contributed by atoms with E-state index in [1.165, 1.54) is 0 Å². The van der Waals surface area contributed by atoms with Crippen LogP contribution in [0.15, 0.2) is 22.7 Å². The molecular formula is C10H12BrClN2O. The molecule has 0 aliphatic heterocycles. The molecule has 0 aromatic heterocycles. The number of nitrogens with one attached hydrogen (secondary N) is 1. The number of amides is 1. The normalized spacial score (nSPS) is 10.1. The van der Waals surface area contributed by atoms with E-state index in [2.05, 4.69) is 21.2 Å². The van der Waals surface area contributed by atoms with Crippen molar-refractivity contribution in [2.75, 3.05) is 11.9 Å². The summed E-state index contributed by atoms with van der Waals surface area (Å²) in [5.74, 6) is -0.0690. The minimum absolute atomic E-state index is 0.0690. The molecule has 0 saturated heterocycles. The first-order valence-electron chi connectivity index (χ1n) is 4.58. The van der Waals surface area contributed by atoms with Crippen LogP contribution in [0, 0.1) is 0 Å². The summed E-state index contributed by atoms with van der Waals surface area (Å²) in [4.78, 5) is 11.4. The second kappa shape index (κ2) is 6.10. The first kappa shape index (κ1) is 12.5. The van der Waals surface area contributed by atoms with Crippen LogP contribution in [0.5, 0.6) is 0 Å². The fraction of sp³-hybridized carbons (Fsp3) is 0.300. The maximum Gasteiger partial charge on any atom is 0.224 e. The number of carbonyl (C=O) groups is 1. The monoisotopic (exact) mass is 290 g/mol. The van der Waals surface area contributed by atoms with Gasteiger partial charge in [0, 0.05) is 10.9 Å². The van der Waals surface area contributed by atoms with Crippen LogP contribution in [-0.4, -0.2) is 12.5 Å². The third-order valence-electron chi connectivity index (χ3n) is 1.81. The smallest absolute Gasteiger partial charge is 0.224 e. The van der Waals surface area contributed by atoms with Crippen molar-refractivity contribution < 1.29 is 4.79 Å². The lowest BCUT2D eigenvalue weighted by Crippen LogP contribution is -2.13. The van der Waals surface area contributed by atoms with Crippen molar-refractivity contribution in [3.05, 3.63) is 27.7 Å². The largest absolute Gasteiger partial charge is 0.330 e. The van der Waals surface area contributed by atoms with E-state index in [9.17, 15) is 4.79 Å². The van der Waals surface area contributed by atoms with Gasteiger partial charge in [-0.3, -0.25) is 4.79 Å². The summed E-state index contributed by atoms with van der Waals surface area (Å²) in [7, 11) is 0. The first-order chi connectivity index (χ1) is 7.13. The van der Waals surface area contributed by atoms with Gasteiger partial charge in [0.2, 0.25) is 5.91 Å². The highest BCUT2D eigenvalue weighted by Gasteiger charge is 2.05. The third kappa shape index (κ3) is 4.20. The molecule has 1 aromatic rings. The second-order valence-electron chi connectivity index (χ2n) is 3.06. The molecule has 3 N–H and O–H groups in total. The highest BCUT2D eigenvalue weighted by atomic mass is 79.9. The van der Waals surface area contributed by atoms with Crippen LogP contribution >= 0.6 is 27.5 Å². The van der Waals surface area contributed by atoms with E-state index in [-0.39, 0.29) is 5.91 Å². The molecule has 0 bridgehead atoms. The second-order valence-corrected chi connectivity index (χ2v) is 4.39. The zero-order valence-corrected chi connectivity index (χ0v) is 10.4. The highest BCUT2D eigenvalue weighted by molar-refractivity contribution is 9.10. The van der Waals surface area contributed by atoms with Crippen molar-refractivity contribution in [2.24, 2.45) is 5.73 Å². The Bertz CT molecular complexity index is 357. The standard InChI is InChI=1S/C10H12BrClN2O/c11-7-3-4-8(12)9(6-7)14-10(15)2-1-5-13/h3-4,6H,1-2,5,13H2,(H,14,15). The van der Waals surface area contributed by atoms with Gasteiger partial charge >= 0.3 is 0 Å². The van der Waals surface area contributed by atoms with Crippen molar-refractivity contribution in [2.45, 2.75) is 12.8 Å². The summed E-state index contributed by atoms with van der Waals surface area (Å²) in [6, 6.07) is 5.31. The van der Waals surface area contributed by atoms with E-state index in [0.717, 1.165) is 4.47 Å². The molecule has 1 amide bonds. The van der Waals surface area contributed by atoms with Crippen molar-refractivity contribution in [3.63, 3.8) is 0 Å². The SMILES string of the molecule is NCCCC(=O)Nc1cc(Br)ccc1Cl. The lowest BCUT2D eigenvalue weighted by molar-refractivity contribution is -0.116. The molecule has 0 fully saturated rings.